The van der Waals surface area contributed by atoms with Gasteiger partial charge in [0.1, 0.15) is 0 Å². The summed E-state index contributed by atoms with van der Waals surface area (Å²) in [4.78, 5) is 0. The van der Waals surface area contributed by atoms with Crippen LogP contribution in [0.3, 0.4) is 0 Å². The molecular weight excluding hydrogens is 344 g/mol. The lowest BCUT2D eigenvalue weighted by molar-refractivity contribution is 0.582. The average Bonchev–Trinajstić information content (AvgIpc) is 3.18. The van der Waals surface area contributed by atoms with Crippen molar-refractivity contribution in [2.24, 2.45) is 5.92 Å². The molecular formula is C25H26N2O. The molecule has 3 aromatic rings. The first-order valence-electron chi connectivity index (χ1n) is 9.81. The van der Waals surface area contributed by atoms with E-state index in [-0.39, 0.29) is 5.41 Å². The molecule has 2 atom stereocenters. The molecule has 0 fully saturated rings. The Balaban J connectivity index is 1.54. The third-order valence-corrected chi connectivity index (χ3v) is 5.38. The maximum atomic E-state index is 5.94. The van der Waals surface area contributed by atoms with Gasteiger partial charge in [-0.3, -0.25) is 0 Å². The van der Waals surface area contributed by atoms with Gasteiger partial charge in [0, 0.05) is 17.0 Å². The van der Waals surface area contributed by atoms with Gasteiger partial charge in [-0.1, -0.05) is 76.3 Å². The van der Waals surface area contributed by atoms with E-state index < -0.39 is 0 Å². The number of hydrogen-bond donors (Lipinski definition) is 0. The number of nitrogens with zero attached hydrogens (tertiary/aromatic N) is 2. The molecule has 3 heteroatoms. The standard InChI is InChI=1S/C25H26N2O/c1-17-7-5-6-8-22(17)18-9-11-19(12-10-18)23-26-27-24(28-23)20-13-15-21(16-14-20)25(2,3)4/h5-17,22H,1-4H3. The summed E-state index contributed by atoms with van der Waals surface area (Å²) < 4.78 is 5.94. The normalized spacial score (nSPS) is 19.1. The quantitative estimate of drug-likeness (QED) is 0.525. The van der Waals surface area contributed by atoms with E-state index in [0.29, 0.717) is 23.6 Å². The summed E-state index contributed by atoms with van der Waals surface area (Å²) in [5.41, 5.74) is 4.59. The molecule has 1 aliphatic rings. The zero-order valence-corrected chi connectivity index (χ0v) is 16.9. The Hall–Kier alpha value is -2.94. The molecule has 2 unspecified atom stereocenters. The summed E-state index contributed by atoms with van der Waals surface area (Å²) in [5.74, 6) is 2.02. The van der Waals surface area contributed by atoms with Crippen molar-refractivity contribution in [2.75, 3.05) is 0 Å². The predicted molar refractivity (Wildman–Crippen MR) is 114 cm³/mol. The van der Waals surface area contributed by atoms with Crippen molar-refractivity contribution in [2.45, 2.75) is 39.0 Å². The Kier molecular flexibility index (Phi) is 4.76. The number of benzene rings is 2. The number of hydrogen-bond acceptors (Lipinski definition) is 3. The minimum Gasteiger partial charge on any atom is -0.416 e. The Morgan fingerprint density at radius 3 is 1.82 bits per heavy atom. The number of aromatic nitrogens is 2. The lowest BCUT2D eigenvalue weighted by Crippen LogP contribution is -2.10. The van der Waals surface area contributed by atoms with E-state index in [1.165, 1.54) is 11.1 Å². The second kappa shape index (κ2) is 7.23. The van der Waals surface area contributed by atoms with Crippen LogP contribution in [0.25, 0.3) is 22.9 Å². The van der Waals surface area contributed by atoms with Crippen LogP contribution in [0.15, 0.2) is 77.3 Å². The van der Waals surface area contributed by atoms with Gasteiger partial charge in [-0.15, -0.1) is 10.2 Å². The highest BCUT2D eigenvalue weighted by molar-refractivity contribution is 5.59. The van der Waals surface area contributed by atoms with Crippen LogP contribution in [0.2, 0.25) is 0 Å². The zero-order valence-electron chi connectivity index (χ0n) is 16.9. The Morgan fingerprint density at radius 2 is 1.29 bits per heavy atom. The van der Waals surface area contributed by atoms with Crippen molar-refractivity contribution in [3.8, 4) is 22.9 Å². The van der Waals surface area contributed by atoms with Gasteiger partial charge in [0.25, 0.3) is 0 Å². The average molecular weight is 370 g/mol. The molecule has 0 saturated heterocycles. The SMILES string of the molecule is CC1C=CC=CC1c1ccc(-c2nnc(-c3ccc(C(C)(C)C)cc3)o2)cc1. The molecule has 0 saturated carbocycles. The molecule has 4 rings (SSSR count). The van der Waals surface area contributed by atoms with Gasteiger partial charge < -0.3 is 4.42 Å². The highest BCUT2D eigenvalue weighted by atomic mass is 16.4. The summed E-state index contributed by atoms with van der Waals surface area (Å²) in [7, 11) is 0. The van der Waals surface area contributed by atoms with Crippen molar-refractivity contribution >= 4 is 0 Å². The zero-order chi connectivity index (χ0) is 19.7. The fourth-order valence-corrected chi connectivity index (χ4v) is 3.55. The van der Waals surface area contributed by atoms with Gasteiger partial charge in [-0.2, -0.15) is 0 Å². The molecule has 0 bridgehead atoms. The van der Waals surface area contributed by atoms with Gasteiger partial charge in [-0.05, 0) is 46.7 Å². The lowest BCUT2D eigenvalue weighted by Gasteiger charge is -2.20. The fourth-order valence-electron chi connectivity index (χ4n) is 3.55. The smallest absolute Gasteiger partial charge is 0.248 e. The topological polar surface area (TPSA) is 38.9 Å². The van der Waals surface area contributed by atoms with E-state index in [4.69, 9.17) is 4.42 Å². The molecule has 28 heavy (non-hydrogen) atoms. The first kappa shape index (κ1) is 18.4. The molecule has 0 aliphatic heterocycles. The summed E-state index contributed by atoms with van der Waals surface area (Å²) >= 11 is 0. The van der Waals surface area contributed by atoms with Crippen molar-refractivity contribution in [3.05, 3.63) is 84.0 Å². The van der Waals surface area contributed by atoms with E-state index in [1.807, 2.05) is 12.1 Å². The Labute approximate surface area is 166 Å². The van der Waals surface area contributed by atoms with Gasteiger partial charge in [0.15, 0.2) is 0 Å². The highest BCUT2D eigenvalue weighted by Crippen LogP contribution is 2.32. The van der Waals surface area contributed by atoms with E-state index in [0.717, 1.165) is 11.1 Å². The van der Waals surface area contributed by atoms with Gasteiger partial charge in [0.05, 0.1) is 0 Å². The third-order valence-electron chi connectivity index (χ3n) is 5.38. The first-order valence-corrected chi connectivity index (χ1v) is 9.81. The minimum absolute atomic E-state index is 0.126. The fraction of sp³-hybridized carbons (Fsp3) is 0.280. The van der Waals surface area contributed by atoms with E-state index in [1.54, 1.807) is 0 Å². The highest BCUT2D eigenvalue weighted by Gasteiger charge is 2.18. The second-order valence-corrected chi connectivity index (χ2v) is 8.52. The third kappa shape index (κ3) is 3.70. The van der Waals surface area contributed by atoms with Crippen molar-refractivity contribution < 1.29 is 4.42 Å². The van der Waals surface area contributed by atoms with E-state index in [9.17, 15) is 0 Å². The van der Waals surface area contributed by atoms with Crippen molar-refractivity contribution in [3.63, 3.8) is 0 Å². The van der Waals surface area contributed by atoms with Gasteiger partial charge >= 0.3 is 0 Å². The monoisotopic (exact) mass is 370 g/mol. The molecule has 3 nitrogen and oxygen atoms in total. The van der Waals surface area contributed by atoms with Crippen LogP contribution in [-0.2, 0) is 5.41 Å². The van der Waals surface area contributed by atoms with E-state index in [2.05, 4.69) is 98.6 Å². The van der Waals surface area contributed by atoms with E-state index >= 15 is 0 Å². The number of rotatable bonds is 3. The minimum atomic E-state index is 0.126. The first-order chi connectivity index (χ1) is 13.4. The Morgan fingerprint density at radius 1 is 0.750 bits per heavy atom. The van der Waals surface area contributed by atoms with Crippen LogP contribution in [-0.4, -0.2) is 10.2 Å². The maximum Gasteiger partial charge on any atom is 0.248 e. The molecule has 1 heterocycles. The Bertz CT molecular complexity index is 1000. The second-order valence-electron chi connectivity index (χ2n) is 8.52. The van der Waals surface area contributed by atoms with Crippen LogP contribution in [0.1, 0.15) is 44.7 Å². The van der Waals surface area contributed by atoms with Crippen LogP contribution in [0.5, 0.6) is 0 Å². The summed E-state index contributed by atoms with van der Waals surface area (Å²) in [5, 5.41) is 8.49. The van der Waals surface area contributed by atoms with Crippen molar-refractivity contribution in [1.82, 2.24) is 10.2 Å². The molecule has 0 radical (unpaired) electrons. The molecule has 1 aliphatic carbocycles. The molecule has 0 amide bonds. The molecule has 1 aromatic heterocycles. The molecule has 0 N–H and O–H groups in total. The largest absolute Gasteiger partial charge is 0.416 e. The maximum absolute atomic E-state index is 5.94. The van der Waals surface area contributed by atoms with Crippen molar-refractivity contribution in [1.29, 1.82) is 0 Å². The summed E-state index contributed by atoms with van der Waals surface area (Å²) in [6.45, 7) is 8.86. The van der Waals surface area contributed by atoms with Gasteiger partial charge in [0.2, 0.25) is 11.8 Å². The summed E-state index contributed by atoms with van der Waals surface area (Å²) in [6.07, 6.45) is 8.73. The molecule has 0 spiro atoms. The van der Waals surface area contributed by atoms with Crippen LogP contribution in [0, 0.1) is 5.92 Å². The number of allylic oxidation sites excluding steroid dienone is 4. The molecule has 142 valence electrons. The summed E-state index contributed by atoms with van der Waals surface area (Å²) in [6, 6.07) is 16.8. The predicted octanol–water partition coefficient (Wildman–Crippen LogP) is 6.55. The van der Waals surface area contributed by atoms with Gasteiger partial charge in [-0.25, -0.2) is 0 Å². The van der Waals surface area contributed by atoms with Crippen LogP contribution >= 0.6 is 0 Å². The van der Waals surface area contributed by atoms with Crippen LogP contribution < -0.4 is 0 Å². The lowest BCUT2D eigenvalue weighted by atomic mass is 9.84. The van der Waals surface area contributed by atoms with Crippen LogP contribution in [0.4, 0.5) is 0 Å². The molecule has 2 aromatic carbocycles.